The van der Waals surface area contributed by atoms with Crippen molar-refractivity contribution in [3.63, 3.8) is 0 Å². The SMILES string of the molecule is COc1ccc(CN2CC(C(=O)N(CCC(=O)O)C(C)C)CC2=O)cc1. The summed E-state index contributed by atoms with van der Waals surface area (Å²) in [4.78, 5) is 39.1. The highest BCUT2D eigenvalue weighted by Crippen LogP contribution is 2.24. The molecule has 1 atom stereocenters. The molecule has 0 spiro atoms. The number of rotatable bonds is 8. The maximum Gasteiger partial charge on any atom is 0.305 e. The van der Waals surface area contributed by atoms with E-state index < -0.39 is 11.9 Å². The minimum absolute atomic E-state index is 0.0545. The minimum Gasteiger partial charge on any atom is -0.497 e. The number of carboxylic acid groups (broad SMARTS) is 1. The molecular weight excluding hydrogens is 336 g/mol. The van der Waals surface area contributed by atoms with Crippen LogP contribution < -0.4 is 4.74 Å². The number of likely N-dealkylation sites (tertiary alicyclic amines) is 1. The van der Waals surface area contributed by atoms with E-state index in [4.69, 9.17) is 9.84 Å². The van der Waals surface area contributed by atoms with Crippen LogP contribution in [0.3, 0.4) is 0 Å². The Morgan fingerprint density at radius 2 is 1.96 bits per heavy atom. The Kier molecular flexibility index (Phi) is 6.60. The lowest BCUT2D eigenvalue weighted by Gasteiger charge is -2.28. The van der Waals surface area contributed by atoms with Gasteiger partial charge in [-0.2, -0.15) is 0 Å². The molecule has 7 nitrogen and oxygen atoms in total. The smallest absolute Gasteiger partial charge is 0.305 e. The molecule has 0 saturated carbocycles. The van der Waals surface area contributed by atoms with Crippen molar-refractivity contribution in [1.29, 1.82) is 0 Å². The molecule has 2 amide bonds. The molecule has 1 aromatic carbocycles. The number of hydrogen-bond acceptors (Lipinski definition) is 4. The van der Waals surface area contributed by atoms with Crippen molar-refractivity contribution in [2.24, 2.45) is 5.92 Å². The van der Waals surface area contributed by atoms with Gasteiger partial charge in [-0.15, -0.1) is 0 Å². The zero-order chi connectivity index (χ0) is 19.3. The fourth-order valence-corrected chi connectivity index (χ4v) is 3.12. The average molecular weight is 362 g/mol. The van der Waals surface area contributed by atoms with Gasteiger partial charge in [-0.05, 0) is 31.5 Å². The third kappa shape index (κ3) is 4.97. The number of methoxy groups -OCH3 is 1. The summed E-state index contributed by atoms with van der Waals surface area (Å²) in [7, 11) is 1.60. The van der Waals surface area contributed by atoms with E-state index in [2.05, 4.69) is 0 Å². The molecule has 0 bridgehead atoms. The molecular formula is C19H26N2O5. The van der Waals surface area contributed by atoms with Crippen molar-refractivity contribution < 1.29 is 24.2 Å². The first-order valence-electron chi connectivity index (χ1n) is 8.74. The van der Waals surface area contributed by atoms with Crippen LogP contribution in [0.15, 0.2) is 24.3 Å². The lowest BCUT2D eigenvalue weighted by atomic mass is 10.1. The average Bonchev–Trinajstić information content (AvgIpc) is 2.95. The Labute approximate surface area is 153 Å². The quantitative estimate of drug-likeness (QED) is 0.761. The second kappa shape index (κ2) is 8.69. The molecule has 1 unspecified atom stereocenters. The third-order valence-electron chi connectivity index (χ3n) is 4.57. The van der Waals surface area contributed by atoms with Crippen molar-refractivity contribution in [3.8, 4) is 5.75 Å². The van der Waals surface area contributed by atoms with E-state index in [1.54, 1.807) is 16.9 Å². The summed E-state index contributed by atoms with van der Waals surface area (Å²) in [5.74, 6) is -0.808. The Bertz CT molecular complexity index is 656. The molecule has 1 fully saturated rings. The largest absolute Gasteiger partial charge is 0.497 e. The van der Waals surface area contributed by atoms with E-state index in [0.717, 1.165) is 11.3 Å². The number of hydrogen-bond donors (Lipinski definition) is 1. The summed E-state index contributed by atoms with van der Waals surface area (Å²) < 4.78 is 5.12. The van der Waals surface area contributed by atoms with E-state index in [1.165, 1.54) is 0 Å². The molecule has 1 aliphatic rings. The number of ether oxygens (including phenoxy) is 1. The predicted molar refractivity (Wildman–Crippen MR) is 95.6 cm³/mol. The number of benzene rings is 1. The fourth-order valence-electron chi connectivity index (χ4n) is 3.12. The van der Waals surface area contributed by atoms with Gasteiger partial charge in [0.15, 0.2) is 0 Å². The van der Waals surface area contributed by atoms with Crippen molar-refractivity contribution in [3.05, 3.63) is 29.8 Å². The first kappa shape index (κ1) is 19.8. The van der Waals surface area contributed by atoms with Gasteiger partial charge in [-0.1, -0.05) is 12.1 Å². The maximum absolute atomic E-state index is 12.8. The molecule has 1 heterocycles. The van der Waals surface area contributed by atoms with Crippen LogP contribution in [0.2, 0.25) is 0 Å². The van der Waals surface area contributed by atoms with E-state index in [9.17, 15) is 14.4 Å². The second-order valence-corrected chi connectivity index (χ2v) is 6.79. The first-order valence-corrected chi connectivity index (χ1v) is 8.74. The Hall–Kier alpha value is -2.57. The molecule has 0 aromatic heterocycles. The van der Waals surface area contributed by atoms with Gasteiger partial charge in [0.1, 0.15) is 5.75 Å². The van der Waals surface area contributed by atoms with Gasteiger partial charge in [-0.3, -0.25) is 14.4 Å². The highest BCUT2D eigenvalue weighted by atomic mass is 16.5. The van der Waals surface area contributed by atoms with E-state index in [-0.39, 0.29) is 37.2 Å². The van der Waals surface area contributed by atoms with E-state index in [0.29, 0.717) is 13.1 Å². The molecule has 1 aromatic rings. The Morgan fingerprint density at radius 3 is 2.50 bits per heavy atom. The standard InChI is InChI=1S/C19H26N2O5/c1-13(2)21(9-8-18(23)24)19(25)15-10-17(22)20(12-15)11-14-4-6-16(26-3)7-5-14/h4-7,13,15H,8-12H2,1-3H3,(H,23,24). The van der Waals surface area contributed by atoms with Gasteiger partial charge in [0.25, 0.3) is 0 Å². The summed E-state index contributed by atoms with van der Waals surface area (Å²) >= 11 is 0. The summed E-state index contributed by atoms with van der Waals surface area (Å²) in [6, 6.07) is 7.37. The summed E-state index contributed by atoms with van der Waals surface area (Å²) in [5, 5.41) is 8.87. The number of aliphatic carboxylic acids is 1. The highest BCUT2D eigenvalue weighted by molar-refractivity contribution is 5.89. The number of carboxylic acids is 1. The lowest BCUT2D eigenvalue weighted by Crippen LogP contribution is -2.42. The van der Waals surface area contributed by atoms with Crippen LogP contribution in [0.5, 0.6) is 5.75 Å². The van der Waals surface area contributed by atoms with Crippen molar-refractivity contribution in [2.45, 2.75) is 39.3 Å². The predicted octanol–water partition coefficient (Wildman–Crippen LogP) is 1.76. The van der Waals surface area contributed by atoms with Gasteiger partial charge in [0.2, 0.25) is 11.8 Å². The van der Waals surface area contributed by atoms with Gasteiger partial charge >= 0.3 is 5.97 Å². The Morgan fingerprint density at radius 1 is 1.31 bits per heavy atom. The molecule has 1 aliphatic heterocycles. The van der Waals surface area contributed by atoms with Crippen LogP contribution in [0, 0.1) is 5.92 Å². The van der Waals surface area contributed by atoms with Crippen LogP contribution >= 0.6 is 0 Å². The molecule has 7 heteroatoms. The summed E-state index contributed by atoms with van der Waals surface area (Å²) in [6.45, 7) is 4.68. The molecule has 2 rings (SSSR count). The summed E-state index contributed by atoms with van der Waals surface area (Å²) in [6.07, 6.45) is 0.0748. The molecule has 0 aliphatic carbocycles. The van der Waals surface area contributed by atoms with Gasteiger partial charge < -0.3 is 19.6 Å². The monoisotopic (exact) mass is 362 g/mol. The van der Waals surface area contributed by atoms with Crippen molar-refractivity contribution in [2.75, 3.05) is 20.2 Å². The van der Waals surface area contributed by atoms with Crippen LogP contribution in [0.4, 0.5) is 0 Å². The normalized spacial score (nSPS) is 16.8. The summed E-state index contributed by atoms with van der Waals surface area (Å²) in [5.41, 5.74) is 0.971. The molecule has 26 heavy (non-hydrogen) atoms. The van der Waals surface area contributed by atoms with Gasteiger partial charge in [0.05, 0.1) is 19.4 Å². The van der Waals surface area contributed by atoms with Gasteiger partial charge in [-0.25, -0.2) is 0 Å². The molecule has 142 valence electrons. The number of amides is 2. The zero-order valence-corrected chi connectivity index (χ0v) is 15.5. The van der Waals surface area contributed by atoms with Crippen LogP contribution in [-0.4, -0.2) is 58.9 Å². The van der Waals surface area contributed by atoms with Crippen LogP contribution in [-0.2, 0) is 20.9 Å². The maximum atomic E-state index is 12.8. The first-order chi connectivity index (χ1) is 12.3. The van der Waals surface area contributed by atoms with Crippen LogP contribution in [0.1, 0.15) is 32.3 Å². The van der Waals surface area contributed by atoms with Crippen LogP contribution in [0.25, 0.3) is 0 Å². The highest BCUT2D eigenvalue weighted by Gasteiger charge is 2.37. The third-order valence-corrected chi connectivity index (χ3v) is 4.57. The molecule has 0 radical (unpaired) electrons. The fraction of sp³-hybridized carbons (Fsp3) is 0.526. The van der Waals surface area contributed by atoms with E-state index >= 15 is 0 Å². The van der Waals surface area contributed by atoms with Crippen molar-refractivity contribution >= 4 is 17.8 Å². The molecule has 1 N–H and O–H groups in total. The number of carbonyl (C=O) groups excluding carboxylic acids is 2. The van der Waals surface area contributed by atoms with Gasteiger partial charge in [0, 0.05) is 32.1 Å². The Balaban J connectivity index is 1.99. The topological polar surface area (TPSA) is 87.2 Å². The molecule has 1 saturated heterocycles. The lowest BCUT2D eigenvalue weighted by molar-refractivity contribution is -0.141. The number of carbonyl (C=O) groups is 3. The minimum atomic E-state index is -0.938. The zero-order valence-electron chi connectivity index (χ0n) is 15.5. The van der Waals surface area contributed by atoms with E-state index in [1.807, 2.05) is 38.1 Å². The second-order valence-electron chi connectivity index (χ2n) is 6.79. The van der Waals surface area contributed by atoms with Crippen molar-refractivity contribution in [1.82, 2.24) is 9.80 Å². The number of nitrogens with zero attached hydrogens (tertiary/aromatic N) is 2.